The molecule has 0 aliphatic heterocycles. The summed E-state index contributed by atoms with van der Waals surface area (Å²) in [5.74, 6) is 0.310. The molecule has 5 nitrogen and oxygen atoms in total. The number of alkyl halides is 3. The number of pyridine rings is 2. The van der Waals surface area contributed by atoms with Crippen LogP contribution in [0.15, 0.2) is 108 Å². The van der Waals surface area contributed by atoms with Crippen molar-refractivity contribution < 1.29 is 13.2 Å². The SMILES string of the molecule is O=c1cc(Nc2ccccc2)n(-c2ccccc2)c2nc(CNCc3ccccc3)cc(C(F)(F)F)c12. The first kappa shape index (κ1) is 24.3. The molecule has 186 valence electrons. The molecule has 0 amide bonds. The lowest BCUT2D eigenvalue weighted by Crippen LogP contribution is -2.21. The molecule has 5 aromatic rings. The monoisotopic (exact) mass is 500 g/mol. The van der Waals surface area contributed by atoms with Gasteiger partial charge in [0, 0.05) is 30.5 Å². The smallest absolute Gasteiger partial charge is 0.341 e. The van der Waals surface area contributed by atoms with Gasteiger partial charge < -0.3 is 10.6 Å². The van der Waals surface area contributed by atoms with E-state index in [-0.39, 0.29) is 17.9 Å². The van der Waals surface area contributed by atoms with Crippen molar-refractivity contribution in [3.8, 4) is 5.69 Å². The van der Waals surface area contributed by atoms with Crippen molar-refractivity contribution in [2.75, 3.05) is 5.32 Å². The summed E-state index contributed by atoms with van der Waals surface area (Å²) in [7, 11) is 0. The highest BCUT2D eigenvalue weighted by Gasteiger charge is 2.35. The van der Waals surface area contributed by atoms with Gasteiger partial charge in [-0.15, -0.1) is 0 Å². The van der Waals surface area contributed by atoms with E-state index >= 15 is 0 Å². The van der Waals surface area contributed by atoms with E-state index in [0.29, 0.717) is 23.7 Å². The van der Waals surface area contributed by atoms with Gasteiger partial charge in [0.2, 0.25) is 0 Å². The zero-order valence-electron chi connectivity index (χ0n) is 19.7. The minimum atomic E-state index is -4.74. The van der Waals surface area contributed by atoms with Crippen LogP contribution in [-0.2, 0) is 19.3 Å². The maximum absolute atomic E-state index is 14.2. The molecule has 2 aromatic heterocycles. The van der Waals surface area contributed by atoms with Crippen molar-refractivity contribution in [3.05, 3.63) is 130 Å². The third-order valence-electron chi connectivity index (χ3n) is 5.86. The lowest BCUT2D eigenvalue weighted by molar-refractivity contribution is -0.136. The molecule has 0 spiro atoms. The van der Waals surface area contributed by atoms with Crippen LogP contribution in [0.1, 0.15) is 16.8 Å². The van der Waals surface area contributed by atoms with Crippen molar-refractivity contribution >= 4 is 22.5 Å². The first-order valence-corrected chi connectivity index (χ1v) is 11.7. The molecule has 0 aliphatic carbocycles. The van der Waals surface area contributed by atoms with Gasteiger partial charge in [-0.25, -0.2) is 4.98 Å². The van der Waals surface area contributed by atoms with Gasteiger partial charge in [0.05, 0.1) is 16.6 Å². The summed E-state index contributed by atoms with van der Waals surface area (Å²) >= 11 is 0. The number of nitrogens with one attached hydrogen (secondary N) is 2. The molecule has 5 rings (SSSR count). The standard InChI is InChI=1S/C29H23F3N4O/c30-29(31,32)24-16-22(19-33-18-20-10-4-1-5-11-20)35-28-27(24)25(37)17-26(34-21-12-6-2-7-13-21)36(28)23-14-8-3-9-15-23/h1-17,33-34H,18-19H2. The summed E-state index contributed by atoms with van der Waals surface area (Å²) in [6, 6.07) is 29.7. The van der Waals surface area contributed by atoms with E-state index in [1.807, 2.05) is 66.7 Å². The molecule has 0 saturated heterocycles. The zero-order valence-corrected chi connectivity index (χ0v) is 19.7. The van der Waals surface area contributed by atoms with Gasteiger partial charge in [-0.3, -0.25) is 9.36 Å². The Hall–Kier alpha value is -4.43. The van der Waals surface area contributed by atoms with E-state index < -0.39 is 22.6 Å². The number of halogens is 3. The predicted molar refractivity (Wildman–Crippen MR) is 139 cm³/mol. The third kappa shape index (κ3) is 5.39. The van der Waals surface area contributed by atoms with Crippen LogP contribution in [0.4, 0.5) is 24.7 Å². The highest BCUT2D eigenvalue weighted by molar-refractivity contribution is 5.84. The summed E-state index contributed by atoms with van der Waals surface area (Å²) < 4.78 is 44.3. The lowest BCUT2D eigenvalue weighted by atomic mass is 10.1. The van der Waals surface area contributed by atoms with E-state index in [1.165, 1.54) is 6.07 Å². The molecular formula is C29H23F3N4O. The molecule has 0 unspecified atom stereocenters. The van der Waals surface area contributed by atoms with Gasteiger partial charge in [-0.1, -0.05) is 66.7 Å². The van der Waals surface area contributed by atoms with Gasteiger partial charge in [0.1, 0.15) is 5.82 Å². The third-order valence-corrected chi connectivity index (χ3v) is 5.86. The predicted octanol–water partition coefficient (Wildman–Crippen LogP) is 6.44. The average molecular weight is 501 g/mol. The second-order valence-corrected chi connectivity index (χ2v) is 8.50. The number of benzene rings is 3. The van der Waals surface area contributed by atoms with Gasteiger partial charge in [0.25, 0.3) is 0 Å². The largest absolute Gasteiger partial charge is 0.417 e. The minimum absolute atomic E-state index is 0.0662. The maximum Gasteiger partial charge on any atom is 0.417 e. The zero-order chi connectivity index (χ0) is 25.8. The van der Waals surface area contributed by atoms with E-state index in [9.17, 15) is 18.0 Å². The number of aromatic nitrogens is 2. The number of para-hydroxylation sites is 2. The first-order valence-electron chi connectivity index (χ1n) is 11.7. The summed E-state index contributed by atoms with van der Waals surface area (Å²) in [5, 5.41) is 5.86. The number of fused-ring (bicyclic) bond motifs is 1. The van der Waals surface area contributed by atoms with Crippen LogP contribution in [0.3, 0.4) is 0 Å². The topological polar surface area (TPSA) is 59.0 Å². The lowest BCUT2D eigenvalue weighted by Gasteiger charge is -2.20. The number of nitrogens with zero attached hydrogens (tertiary/aromatic N) is 2. The van der Waals surface area contributed by atoms with Gasteiger partial charge in [-0.2, -0.15) is 13.2 Å². The Balaban J connectivity index is 1.69. The highest BCUT2D eigenvalue weighted by atomic mass is 19.4. The van der Waals surface area contributed by atoms with Crippen molar-refractivity contribution in [3.63, 3.8) is 0 Å². The summed E-state index contributed by atoms with van der Waals surface area (Å²) in [4.78, 5) is 17.7. The molecule has 3 aromatic carbocycles. The molecule has 0 bridgehead atoms. The van der Waals surface area contributed by atoms with Crippen LogP contribution in [-0.4, -0.2) is 9.55 Å². The van der Waals surface area contributed by atoms with Crippen molar-refractivity contribution in [2.24, 2.45) is 0 Å². The molecule has 2 N–H and O–H groups in total. The van der Waals surface area contributed by atoms with Gasteiger partial charge >= 0.3 is 6.18 Å². The molecule has 0 saturated carbocycles. The van der Waals surface area contributed by atoms with Crippen LogP contribution in [0.2, 0.25) is 0 Å². The van der Waals surface area contributed by atoms with Crippen molar-refractivity contribution in [1.82, 2.24) is 14.9 Å². The Morgan fingerprint density at radius 1 is 0.784 bits per heavy atom. The van der Waals surface area contributed by atoms with Crippen LogP contribution in [0, 0.1) is 0 Å². The van der Waals surface area contributed by atoms with Crippen LogP contribution in [0.5, 0.6) is 0 Å². The molecule has 0 aliphatic rings. The fourth-order valence-electron chi connectivity index (χ4n) is 4.21. The fourth-order valence-corrected chi connectivity index (χ4v) is 4.21. The Kier molecular flexibility index (Phi) is 6.74. The quantitative estimate of drug-likeness (QED) is 0.270. The summed E-state index contributed by atoms with van der Waals surface area (Å²) in [6.07, 6.45) is -4.74. The van der Waals surface area contributed by atoms with E-state index in [2.05, 4.69) is 15.6 Å². The van der Waals surface area contributed by atoms with E-state index in [1.54, 1.807) is 28.8 Å². The van der Waals surface area contributed by atoms with Gasteiger partial charge in [-0.05, 0) is 35.9 Å². The summed E-state index contributed by atoms with van der Waals surface area (Å²) in [6.45, 7) is 0.552. The molecule has 0 radical (unpaired) electrons. The molecule has 2 heterocycles. The number of rotatable bonds is 7. The minimum Gasteiger partial charge on any atom is -0.341 e. The Labute approximate surface area is 211 Å². The molecule has 0 atom stereocenters. The maximum atomic E-state index is 14.2. The average Bonchev–Trinajstić information content (AvgIpc) is 2.89. The Morgan fingerprint density at radius 3 is 2.05 bits per heavy atom. The number of hydrogen-bond acceptors (Lipinski definition) is 4. The van der Waals surface area contributed by atoms with Gasteiger partial charge in [0.15, 0.2) is 11.1 Å². The Morgan fingerprint density at radius 2 is 1.41 bits per heavy atom. The van der Waals surface area contributed by atoms with Crippen molar-refractivity contribution in [1.29, 1.82) is 0 Å². The van der Waals surface area contributed by atoms with Crippen LogP contribution < -0.4 is 16.1 Å². The normalized spacial score (nSPS) is 11.5. The first-order chi connectivity index (χ1) is 17.9. The number of anilines is 2. The van der Waals surface area contributed by atoms with E-state index in [0.717, 1.165) is 11.6 Å². The summed E-state index contributed by atoms with van der Waals surface area (Å²) in [5.41, 5.74) is 0.595. The van der Waals surface area contributed by atoms with Crippen molar-refractivity contribution in [2.45, 2.75) is 19.3 Å². The van der Waals surface area contributed by atoms with Crippen LogP contribution in [0.25, 0.3) is 16.7 Å². The fraction of sp³-hybridized carbons (Fsp3) is 0.103. The molecule has 8 heteroatoms. The number of hydrogen-bond donors (Lipinski definition) is 2. The molecule has 37 heavy (non-hydrogen) atoms. The second kappa shape index (κ2) is 10.3. The highest BCUT2D eigenvalue weighted by Crippen LogP contribution is 2.35. The molecule has 0 fully saturated rings. The van der Waals surface area contributed by atoms with Crippen LogP contribution >= 0.6 is 0 Å². The molecular weight excluding hydrogens is 477 g/mol. The second-order valence-electron chi connectivity index (χ2n) is 8.50. The van der Waals surface area contributed by atoms with E-state index in [4.69, 9.17) is 0 Å². The Bertz CT molecular complexity index is 1570.